The van der Waals surface area contributed by atoms with Gasteiger partial charge in [-0.25, -0.2) is 9.59 Å². The summed E-state index contributed by atoms with van der Waals surface area (Å²) >= 11 is 0. The molecule has 0 aliphatic heterocycles. The molecule has 1 aromatic carbocycles. The maximum absolute atomic E-state index is 11.8. The number of hydrogen-bond acceptors (Lipinski definition) is 2. The minimum atomic E-state index is -0.973. The number of carbonyl (C=O) groups excluding carboxylic acids is 1. The minimum Gasteiger partial charge on any atom is -0.478 e. The number of carboxylic acid groups (broad SMARTS) is 1. The summed E-state index contributed by atoms with van der Waals surface area (Å²) in [4.78, 5) is 24.1. The van der Waals surface area contributed by atoms with Gasteiger partial charge in [0.15, 0.2) is 0 Å². The second-order valence-electron chi connectivity index (χ2n) is 4.64. The minimum absolute atomic E-state index is 0.162. The summed E-state index contributed by atoms with van der Waals surface area (Å²) in [6.45, 7) is 0.777. The summed E-state index contributed by atoms with van der Waals surface area (Å²) in [7, 11) is 1.76. The van der Waals surface area contributed by atoms with Gasteiger partial charge in [0.2, 0.25) is 0 Å². The molecule has 1 aliphatic carbocycles. The number of nitrogens with zero attached hydrogens (tertiary/aromatic N) is 1. The zero-order chi connectivity index (χ0) is 13.1. The van der Waals surface area contributed by atoms with Crippen molar-refractivity contribution in [2.45, 2.75) is 12.8 Å². The maximum Gasteiger partial charge on any atom is 0.335 e. The van der Waals surface area contributed by atoms with Crippen LogP contribution < -0.4 is 5.32 Å². The highest BCUT2D eigenvalue weighted by Crippen LogP contribution is 2.29. The Morgan fingerprint density at radius 1 is 1.33 bits per heavy atom. The molecule has 0 saturated heterocycles. The third kappa shape index (κ3) is 3.23. The van der Waals surface area contributed by atoms with Gasteiger partial charge in [0, 0.05) is 19.3 Å². The lowest BCUT2D eigenvalue weighted by Crippen LogP contribution is -2.32. The Kier molecular flexibility index (Phi) is 3.50. The van der Waals surface area contributed by atoms with Crippen molar-refractivity contribution in [1.82, 2.24) is 4.90 Å². The lowest BCUT2D eigenvalue weighted by atomic mass is 10.2. The molecule has 18 heavy (non-hydrogen) atoms. The normalized spacial score (nSPS) is 14.1. The molecule has 0 spiro atoms. The standard InChI is InChI=1S/C13H16N2O3/c1-15(8-9-2-3-9)13(18)14-11-6-4-10(5-7-11)12(16)17/h4-7,9H,2-3,8H2,1H3,(H,14,18)(H,16,17). The Balaban J connectivity index is 1.91. The Hall–Kier alpha value is -2.04. The Bertz CT molecular complexity index is 452. The van der Waals surface area contributed by atoms with Crippen LogP contribution in [0.2, 0.25) is 0 Å². The summed E-state index contributed by atoms with van der Waals surface area (Å²) in [6, 6.07) is 5.96. The van der Waals surface area contributed by atoms with Crippen molar-refractivity contribution in [1.29, 1.82) is 0 Å². The SMILES string of the molecule is CN(CC1CC1)C(=O)Nc1ccc(C(=O)O)cc1. The van der Waals surface area contributed by atoms with Gasteiger partial charge in [0.25, 0.3) is 0 Å². The summed E-state index contributed by atoms with van der Waals surface area (Å²) in [5.74, 6) is -0.325. The predicted molar refractivity (Wildman–Crippen MR) is 67.8 cm³/mol. The van der Waals surface area contributed by atoms with Crippen LogP contribution in [-0.4, -0.2) is 35.6 Å². The summed E-state index contributed by atoms with van der Waals surface area (Å²) in [5.41, 5.74) is 0.812. The number of urea groups is 1. The van der Waals surface area contributed by atoms with E-state index >= 15 is 0 Å². The van der Waals surface area contributed by atoms with Gasteiger partial charge in [-0.3, -0.25) is 0 Å². The van der Waals surface area contributed by atoms with Crippen LogP contribution >= 0.6 is 0 Å². The molecule has 2 amide bonds. The first-order valence-electron chi connectivity index (χ1n) is 5.92. The number of carbonyl (C=O) groups is 2. The van der Waals surface area contributed by atoms with Crippen molar-refractivity contribution in [3.63, 3.8) is 0 Å². The van der Waals surface area contributed by atoms with E-state index in [-0.39, 0.29) is 11.6 Å². The number of amides is 2. The summed E-state index contributed by atoms with van der Waals surface area (Å²) in [6.07, 6.45) is 2.40. The third-order valence-electron chi connectivity index (χ3n) is 2.96. The van der Waals surface area contributed by atoms with E-state index in [1.807, 2.05) is 0 Å². The topological polar surface area (TPSA) is 69.6 Å². The van der Waals surface area contributed by atoms with Gasteiger partial charge < -0.3 is 15.3 Å². The zero-order valence-electron chi connectivity index (χ0n) is 10.2. The highest BCUT2D eigenvalue weighted by molar-refractivity contribution is 5.91. The van der Waals surface area contributed by atoms with E-state index < -0.39 is 5.97 Å². The van der Waals surface area contributed by atoms with Gasteiger partial charge in [-0.05, 0) is 43.0 Å². The van der Waals surface area contributed by atoms with Crippen LogP contribution in [0.1, 0.15) is 23.2 Å². The molecule has 1 fully saturated rings. The molecule has 0 radical (unpaired) electrons. The maximum atomic E-state index is 11.8. The fourth-order valence-electron chi connectivity index (χ4n) is 1.69. The number of hydrogen-bond donors (Lipinski definition) is 2. The number of rotatable bonds is 4. The van der Waals surface area contributed by atoms with Crippen LogP contribution in [0.15, 0.2) is 24.3 Å². The average Bonchev–Trinajstić information content (AvgIpc) is 3.13. The molecule has 1 aliphatic rings. The van der Waals surface area contributed by atoms with Crippen LogP contribution in [0.4, 0.5) is 10.5 Å². The molecular weight excluding hydrogens is 232 g/mol. The Morgan fingerprint density at radius 2 is 1.94 bits per heavy atom. The fraction of sp³-hybridized carbons (Fsp3) is 0.385. The molecule has 0 aromatic heterocycles. The molecule has 0 bridgehead atoms. The van der Waals surface area contributed by atoms with Crippen molar-refractivity contribution in [2.24, 2.45) is 5.92 Å². The molecule has 1 saturated carbocycles. The van der Waals surface area contributed by atoms with Crippen molar-refractivity contribution >= 4 is 17.7 Å². The number of benzene rings is 1. The number of carboxylic acids is 1. The Morgan fingerprint density at radius 3 is 2.44 bits per heavy atom. The van der Waals surface area contributed by atoms with E-state index in [9.17, 15) is 9.59 Å². The molecule has 5 heteroatoms. The lowest BCUT2D eigenvalue weighted by Gasteiger charge is -2.17. The van der Waals surface area contributed by atoms with Gasteiger partial charge in [0.05, 0.1) is 5.56 Å². The zero-order valence-corrected chi connectivity index (χ0v) is 10.2. The van der Waals surface area contributed by atoms with Crippen LogP contribution in [0.25, 0.3) is 0 Å². The molecule has 2 rings (SSSR count). The van der Waals surface area contributed by atoms with Gasteiger partial charge in [0.1, 0.15) is 0 Å². The first kappa shape index (κ1) is 12.4. The van der Waals surface area contributed by atoms with Crippen LogP contribution in [0.5, 0.6) is 0 Å². The van der Waals surface area contributed by atoms with Crippen LogP contribution in [0, 0.1) is 5.92 Å². The van der Waals surface area contributed by atoms with Gasteiger partial charge in [-0.1, -0.05) is 0 Å². The van der Waals surface area contributed by atoms with E-state index in [0.717, 1.165) is 6.54 Å². The van der Waals surface area contributed by atoms with Gasteiger partial charge in [-0.2, -0.15) is 0 Å². The van der Waals surface area contributed by atoms with Gasteiger partial charge >= 0.3 is 12.0 Å². The van der Waals surface area contributed by atoms with Crippen molar-refractivity contribution < 1.29 is 14.7 Å². The molecule has 5 nitrogen and oxygen atoms in total. The molecule has 2 N–H and O–H groups in total. The second-order valence-corrected chi connectivity index (χ2v) is 4.64. The quantitative estimate of drug-likeness (QED) is 0.858. The smallest absolute Gasteiger partial charge is 0.335 e. The van der Waals surface area contributed by atoms with Crippen molar-refractivity contribution in [2.75, 3.05) is 18.9 Å². The number of nitrogens with one attached hydrogen (secondary N) is 1. The molecule has 0 heterocycles. The molecule has 0 unspecified atom stereocenters. The van der Waals surface area contributed by atoms with Crippen molar-refractivity contribution in [3.05, 3.63) is 29.8 Å². The van der Waals surface area contributed by atoms with E-state index in [2.05, 4.69) is 5.32 Å². The first-order chi connectivity index (χ1) is 8.56. The van der Waals surface area contributed by atoms with E-state index in [1.54, 1.807) is 24.1 Å². The summed E-state index contributed by atoms with van der Waals surface area (Å²) < 4.78 is 0. The third-order valence-corrected chi connectivity index (χ3v) is 2.96. The van der Waals surface area contributed by atoms with Gasteiger partial charge in [-0.15, -0.1) is 0 Å². The number of aromatic carboxylic acids is 1. The Labute approximate surface area is 105 Å². The van der Waals surface area contributed by atoms with Crippen LogP contribution in [0.3, 0.4) is 0 Å². The number of anilines is 1. The average molecular weight is 248 g/mol. The van der Waals surface area contributed by atoms with Crippen molar-refractivity contribution in [3.8, 4) is 0 Å². The second kappa shape index (κ2) is 5.08. The lowest BCUT2D eigenvalue weighted by molar-refractivity contribution is 0.0697. The fourth-order valence-corrected chi connectivity index (χ4v) is 1.69. The highest BCUT2D eigenvalue weighted by atomic mass is 16.4. The van der Waals surface area contributed by atoms with E-state index in [4.69, 9.17) is 5.11 Å². The highest BCUT2D eigenvalue weighted by Gasteiger charge is 2.24. The van der Waals surface area contributed by atoms with E-state index in [1.165, 1.54) is 25.0 Å². The largest absolute Gasteiger partial charge is 0.478 e. The van der Waals surface area contributed by atoms with E-state index in [0.29, 0.717) is 11.6 Å². The molecular formula is C13H16N2O3. The van der Waals surface area contributed by atoms with Crippen LogP contribution in [-0.2, 0) is 0 Å². The monoisotopic (exact) mass is 248 g/mol. The predicted octanol–water partition coefficient (Wildman–Crippen LogP) is 2.26. The first-order valence-corrected chi connectivity index (χ1v) is 5.92. The molecule has 1 aromatic rings. The molecule has 0 atom stereocenters. The molecule has 96 valence electrons. The summed E-state index contributed by atoms with van der Waals surface area (Å²) in [5, 5.41) is 11.5.